The van der Waals surface area contributed by atoms with Gasteiger partial charge in [-0.15, -0.1) is 0 Å². The number of amides is 2. The standard InChI is InChI=1S/C30H32Cl3N3O4S/c1-2-27(30(38)34-21-11-6-7-12-21)35(19-23-24(31)16-10-17-25(23)32)29(37)20-36(28-18-9-8-15-26(28)33)41(39,40)22-13-4-3-5-14-22/h3-5,8-10,13-18,21,27H,2,6-7,11-12,19-20H2,1H3,(H,34,38)/t27-/m0/s1. The lowest BCUT2D eigenvalue weighted by Crippen LogP contribution is -2.53. The van der Waals surface area contributed by atoms with Crippen molar-refractivity contribution in [1.82, 2.24) is 10.2 Å². The molecule has 7 nitrogen and oxygen atoms in total. The third-order valence-corrected chi connectivity index (χ3v) is 10.0. The predicted molar refractivity (Wildman–Crippen MR) is 164 cm³/mol. The number of benzene rings is 3. The SMILES string of the molecule is CC[C@@H](C(=O)NC1CCCC1)N(Cc1c(Cl)cccc1Cl)C(=O)CN(c1ccccc1Cl)S(=O)(=O)c1ccccc1. The largest absolute Gasteiger partial charge is 0.352 e. The van der Waals surface area contributed by atoms with Crippen molar-refractivity contribution in [2.75, 3.05) is 10.8 Å². The lowest BCUT2D eigenvalue weighted by atomic mass is 10.1. The Kier molecular flexibility index (Phi) is 10.6. The van der Waals surface area contributed by atoms with E-state index in [4.69, 9.17) is 34.8 Å². The number of anilines is 1. The normalized spacial score (nSPS) is 14.4. The summed E-state index contributed by atoms with van der Waals surface area (Å²) in [6.07, 6.45) is 4.11. The summed E-state index contributed by atoms with van der Waals surface area (Å²) in [4.78, 5) is 29.1. The topological polar surface area (TPSA) is 86.8 Å². The van der Waals surface area contributed by atoms with Gasteiger partial charge in [0.05, 0.1) is 15.6 Å². The van der Waals surface area contributed by atoms with E-state index in [2.05, 4.69) is 5.32 Å². The van der Waals surface area contributed by atoms with Gasteiger partial charge in [0.1, 0.15) is 12.6 Å². The van der Waals surface area contributed by atoms with Crippen molar-refractivity contribution in [2.24, 2.45) is 0 Å². The number of hydrogen-bond acceptors (Lipinski definition) is 4. The predicted octanol–water partition coefficient (Wildman–Crippen LogP) is 6.71. The fourth-order valence-corrected chi connectivity index (χ4v) is 7.29. The number of sulfonamides is 1. The van der Waals surface area contributed by atoms with Gasteiger partial charge in [-0.3, -0.25) is 13.9 Å². The van der Waals surface area contributed by atoms with Gasteiger partial charge in [-0.25, -0.2) is 8.42 Å². The second-order valence-electron chi connectivity index (χ2n) is 9.91. The molecule has 0 saturated heterocycles. The van der Waals surface area contributed by atoms with Crippen LogP contribution in [0.3, 0.4) is 0 Å². The third-order valence-electron chi connectivity index (χ3n) is 7.21. The second-order valence-corrected chi connectivity index (χ2v) is 13.0. The summed E-state index contributed by atoms with van der Waals surface area (Å²) in [6, 6.07) is 18.4. The number of rotatable bonds is 11. The summed E-state index contributed by atoms with van der Waals surface area (Å²) in [5.41, 5.74) is 0.608. The van der Waals surface area contributed by atoms with Crippen LogP contribution in [0.4, 0.5) is 5.69 Å². The average Bonchev–Trinajstić information content (AvgIpc) is 3.47. The van der Waals surface area contributed by atoms with Crippen molar-refractivity contribution in [1.29, 1.82) is 0 Å². The van der Waals surface area contributed by atoms with Gasteiger partial charge in [-0.1, -0.05) is 91.0 Å². The maximum absolute atomic E-state index is 14.2. The summed E-state index contributed by atoms with van der Waals surface area (Å²) in [5.74, 6) is -0.903. The number of hydrogen-bond donors (Lipinski definition) is 1. The molecule has 0 spiro atoms. The van der Waals surface area contributed by atoms with E-state index in [1.165, 1.54) is 23.1 Å². The Hall–Kier alpha value is -2.78. The fourth-order valence-electron chi connectivity index (χ4n) is 5.03. The first-order chi connectivity index (χ1) is 19.6. The monoisotopic (exact) mass is 635 g/mol. The fraction of sp³-hybridized carbons (Fsp3) is 0.333. The number of para-hydroxylation sites is 1. The third kappa shape index (κ3) is 7.36. The molecule has 0 aliphatic heterocycles. The van der Waals surface area contributed by atoms with Gasteiger partial charge in [0, 0.05) is 28.2 Å². The molecule has 1 saturated carbocycles. The van der Waals surface area contributed by atoms with Crippen molar-refractivity contribution >= 4 is 62.3 Å². The molecule has 1 atom stereocenters. The van der Waals surface area contributed by atoms with Gasteiger partial charge in [0.2, 0.25) is 11.8 Å². The van der Waals surface area contributed by atoms with Crippen molar-refractivity contribution < 1.29 is 18.0 Å². The minimum absolute atomic E-state index is 0.000522. The Morgan fingerprint density at radius 2 is 1.46 bits per heavy atom. The number of carbonyl (C=O) groups is 2. The molecular formula is C30H32Cl3N3O4S. The Labute approximate surface area is 256 Å². The summed E-state index contributed by atoms with van der Waals surface area (Å²) in [5, 5.41) is 3.91. The van der Waals surface area contributed by atoms with Crippen LogP contribution in [-0.2, 0) is 26.2 Å². The van der Waals surface area contributed by atoms with E-state index in [-0.39, 0.29) is 34.1 Å². The zero-order chi connectivity index (χ0) is 29.6. The molecule has 0 heterocycles. The quantitative estimate of drug-likeness (QED) is 0.254. The van der Waals surface area contributed by atoms with Crippen LogP contribution in [0.2, 0.25) is 15.1 Å². The molecule has 41 heavy (non-hydrogen) atoms. The highest BCUT2D eigenvalue weighted by Gasteiger charge is 2.35. The van der Waals surface area contributed by atoms with Crippen LogP contribution < -0.4 is 9.62 Å². The van der Waals surface area contributed by atoms with Gasteiger partial charge in [0.25, 0.3) is 10.0 Å². The van der Waals surface area contributed by atoms with E-state index in [9.17, 15) is 18.0 Å². The van der Waals surface area contributed by atoms with Gasteiger partial charge in [-0.05, 0) is 55.7 Å². The zero-order valence-corrected chi connectivity index (χ0v) is 25.7. The van der Waals surface area contributed by atoms with Gasteiger partial charge >= 0.3 is 0 Å². The van der Waals surface area contributed by atoms with Crippen molar-refractivity contribution in [2.45, 2.75) is 62.6 Å². The zero-order valence-electron chi connectivity index (χ0n) is 22.6. The highest BCUT2D eigenvalue weighted by Crippen LogP contribution is 2.32. The van der Waals surface area contributed by atoms with E-state index in [1.54, 1.807) is 61.5 Å². The molecule has 0 bridgehead atoms. The molecule has 0 aromatic heterocycles. The minimum atomic E-state index is -4.22. The van der Waals surface area contributed by atoms with Crippen molar-refractivity contribution in [3.05, 3.63) is 93.4 Å². The molecule has 0 unspecified atom stereocenters. The summed E-state index contributed by atoms with van der Waals surface area (Å²) >= 11 is 19.4. The van der Waals surface area contributed by atoms with Crippen molar-refractivity contribution in [3.63, 3.8) is 0 Å². The molecule has 4 rings (SSSR count). The first-order valence-electron chi connectivity index (χ1n) is 13.5. The van der Waals surface area contributed by atoms with E-state index >= 15 is 0 Å². The van der Waals surface area contributed by atoms with E-state index < -0.39 is 28.5 Å². The lowest BCUT2D eigenvalue weighted by Gasteiger charge is -2.34. The highest BCUT2D eigenvalue weighted by atomic mass is 35.5. The minimum Gasteiger partial charge on any atom is -0.352 e. The van der Waals surface area contributed by atoms with E-state index in [0.717, 1.165) is 30.0 Å². The number of halogens is 3. The van der Waals surface area contributed by atoms with Crippen LogP contribution in [0, 0.1) is 0 Å². The molecule has 1 N–H and O–H groups in total. The van der Waals surface area contributed by atoms with Crippen LogP contribution in [0.15, 0.2) is 77.7 Å². The molecule has 3 aromatic rings. The van der Waals surface area contributed by atoms with Crippen LogP contribution in [0.5, 0.6) is 0 Å². The average molecular weight is 637 g/mol. The smallest absolute Gasteiger partial charge is 0.264 e. The first kappa shape index (κ1) is 31.2. The molecule has 1 aliphatic carbocycles. The molecule has 3 aromatic carbocycles. The van der Waals surface area contributed by atoms with Gasteiger partial charge < -0.3 is 10.2 Å². The van der Waals surface area contributed by atoms with Crippen LogP contribution >= 0.6 is 34.8 Å². The number of carbonyl (C=O) groups excluding carboxylic acids is 2. The summed E-state index contributed by atoms with van der Waals surface area (Å²) in [6.45, 7) is 1.12. The highest BCUT2D eigenvalue weighted by molar-refractivity contribution is 7.92. The van der Waals surface area contributed by atoms with E-state index in [1.807, 2.05) is 0 Å². The molecule has 1 aliphatic rings. The van der Waals surface area contributed by atoms with Crippen LogP contribution in [0.25, 0.3) is 0 Å². The molecule has 2 amide bonds. The Bertz CT molecular complexity index is 1460. The van der Waals surface area contributed by atoms with Crippen molar-refractivity contribution in [3.8, 4) is 0 Å². The summed E-state index contributed by atoms with van der Waals surface area (Å²) in [7, 11) is -4.22. The Balaban J connectivity index is 1.75. The molecule has 218 valence electrons. The van der Waals surface area contributed by atoms with Crippen LogP contribution in [0.1, 0.15) is 44.6 Å². The van der Waals surface area contributed by atoms with E-state index in [0.29, 0.717) is 22.0 Å². The van der Waals surface area contributed by atoms with Gasteiger partial charge in [-0.2, -0.15) is 0 Å². The Morgan fingerprint density at radius 3 is 2.07 bits per heavy atom. The Morgan fingerprint density at radius 1 is 0.878 bits per heavy atom. The molecule has 0 radical (unpaired) electrons. The maximum atomic E-state index is 14.2. The maximum Gasteiger partial charge on any atom is 0.264 e. The van der Waals surface area contributed by atoms with Crippen LogP contribution in [-0.4, -0.2) is 43.8 Å². The van der Waals surface area contributed by atoms with Gasteiger partial charge in [0.15, 0.2) is 0 Å². The molecular weight excluding hydrogens is 605 g/mol. The lowest BCUT2D eigenvalue weighted by molar-refractivity contribution is -0.140. The number of nitrogens with zero attached hydrogens (tertiary/aromatic N) is 2. The summed E-state index contributed by atoms with van der Waals surface area (Å²) < 4.78 is 28.8. The molecule has 11 heteroatoms. The number of nitrogens with one attached hydrogen (secondary N) is 1. The second kappa shape index (κ2) is 13.9. The molecule has 1 fully saturated rings. The first-order valence-corrected chi connectivity index (χ1v) is 16.1.